The van der Waals surface area contributed by atoms with Crippen LogP contribution in [-0.4, -0.2) is 119 Å². The van der Waals surface area contributed by atoms with E-state index in [2.05, 4.69) is 114 Å². The van der Waals surface area contributed by atoms with Gasteiger partial charge in [-0.1, -0.05) is 156 Å². The van der Waals surface area contributed by atoms with Gasteiger partial charge in [-0.25, -0.2) is 14.0 Å². The Kier molecular flexibility index (Phi) is 44.3. The number of carbonyl (C=O) groups excluding carboxylic acids is 6. The predicted octanol–water partition coefficient (Wildman–Crippen LogP) is 25.4. The van der Waals surface area contributed by atoms with Crippen LogP contribution in [0.15, 0.2) is 106 Å². The van der Waals surface area contributed by atoms with Gasteiger partial charge in [-0.2, -0.15) is 52.7 Å². The van der Waals surface area contributed by atoms with E-state index in [0.29, 0.717) is 49.5 Å². The quantitative estimate of drug-likeness (QED) is 0.0411. The minimum atomic E-state index is -7.79. The molecule has 668 valence electrons. The van der Waals surface area contributed by atoms with E-state index in [0.717, 1.165) is 56.8 Å². The lowest BCUT2D eigenvalue weighted by Crippen LogP contribution is -2.70. The summed E-state index contributed by atoms with van der Waals surface area (Å²) in [4.78, 5) is 74.8. The summed E-state index contributed by atoms with van der Waals surface area (Å²) < 4.78 is 201. The second kappa shape index (κ2) is 44.3. The molecule has 1 N–H and O–H groups in total. The summed E-state index contributed by atoms with van der Waals surface area (Å²) >= 11 is 0. The van der Waals surface area contributed by atoms with Gasteiger partial charge in [0.25, 0.3) is 0 Å². The van der Waals surface area contributed by atoms with Crippen LogP contribution < -0.4 is 0 Å². The summed E-state index contributed by atoms with van der Waals surface area (Å²) in [6.07, 6.45) is -5.95. The fraction of sp³-hybridized carbons (Fsp3) is 0.727. The number of aliphatic hydroxyl groups is 1. The van der Waals surface area contributed by atoms with E-state index in [-0.39, 0.29) is 126 Å². The molecule has 1 aliphatic heterocycles. The Morgan fingerprint density at radius 2 is 0.843 bits per heavy atom. The van der Waals surface area contributed by atoms with Gasteiger partial charge in [-0.3, -0.25) is 19.2 Å². The molecule has 27 heteroatoms. The lowest BCUT2D eigenvalue weighted by molar-refractivity contribution is -0.428. The molecule has 8 bridgehead atoms. The second-order valence-corrected chi connectivity index (χ2v) is 34.5. The Balaban J connectivity index is -0.000000674. The molecule has 0 aromatic heterocycles. The maximum Gasteiger partial charge on any atom is 0.438 e. The lowest BCUT2D eigenvalue weighted by Gasteiger charge is -2.60. The van der Waals surface area contributed by atoms with E-state index in [4.69, 9.17) is 18.9 Å². The van der Waals surface area contributed by atoms with Gasteiger partial charge in [0.2, 0.25) is 6.10 Å². The lowest BCUT2D eigenvalue weighted by atomic mass is 9.49. The third-order valence-electron chi connectivity index (χ3n) is 22.7. The molecule has 0 amide bonds. The summed E-state index contributed by atoms with van der Waals surface area (Å²) in [6, 6.07) is 32.2. The highest BCUT2D eigenvalue weighted by Gasteiger charge is 2.90. The molecular formula is C88H142F13O13S+. The van der Waals surface area contributed by atoms with Gasteiger partial charge >= 0.3 is 71.6 Å². The van der Waals surface area contributed by atoms with E-state index in [1.165, 1.54) is 74.0 Å². The molecule has 8 saturated carbocycles. The van der Waals surface area contributed by atoms with Crippen LogP contribution >= 0.6 is 0 Å². The Labute approximate surface area is 683 Å². The molecule has 4 atom stereocenters. The standard InChI is InChI=1S/C18H30O2.C18H15S.C17H19F13O4.C16H26O3.C10H16O4.9CH4/c1-5-17(3,4)16(19)20-18(6-2)14-8-12-7-13(10-14)11-15(18)9-12;1-4-10-16(11-5-1)19(17-12-6-2-7-13-17)18-14-8-3-9-15-18;1-5-11(2,3)9(31)33-7-8(34-10(32)12(4,18)19)6-13(20,21)15(23,24)14(22,16(25,26)27)17(28,29)30;1-4-14(2,3)13(17)19-16-8-11-5-12(9-16)7-15(18,6-11)10-16;1-4-10(2,3)9(12)14-7-5-6-13-8(7)11;;;;;;;;;/h12-15H,5-11H2,1-4H3;1-15H;8H,5-7H2,1-4H3;11-12,18H,4-10H2,1-3H3;7H,4-6H2,1-3H3;9*1H4/q;+1;;;;;;;;;;;;. The third-order valence-corrected chi connectivity index (χ3v) is 24.9. The Morgan fingerprint density at radius 3 is 1.17 bits per heavy atom. The number of ether oxygens (including phenoxy) is 6. The third kappa shape index (κ3) is 27.2. The van der Waals surface area contributed by atoms with Crippen molar-refractivity contribution in [2.24, 2.45) is 57.2 Å². The smallest absolute Gasteiger partial charge is 0.438 e. The van der Waals surface area contributed by atoms with Gasteiger partial charge in [-0.15, -0.1) is 0 Å². The number of alkyl halides is 13. The molecule has 13 nitrogen and oxygen atoms in total. The molecule has 9 fully saturated rings. The molecule has 115 heavy (non-hydrogen) atoms. The normalized spacial score (nSPS) is 23.8. The first-order valence-electron chi connectivity index (χ1n) is 36.6. The molecule has 1 heterocycles. The van der Waals surface area contributed by atoms with Gasteiger partial charge in [0.15, 0.2) is 14.7 Å². The molecule has 12 rings (SSSR count). The van der Waals surface area contributed by atoms with Crippen LogP contribution in [0.1, 0.15) is 279 Å². The highest BCUT2D eigenvalue weighted by atomic mass is 32.2. The van der Waals surface area contributed by atoms with Crippen LogP contribution in [0.2, 0.25) is 0 Å². The van der Waals surface area contributed by atoms with Crippen molar-refractivity contribution < 1.29 is 119 Å². The molecule has 4 unspecified atom stereocenters. The molecule has 3 aromatic carbocycles. The molecule has 9 aliphatic rings. The first-order valence-corrected chi connectivity index (χ1v) is 37.8. The Hall–Kier alpha value is -6.12. The van der Waals surface area contributed by atoms with Crippen LogP contribution in [0.25, 0.3) is 0 Å². The van der Waals surface area contributed by atoms with E-state index < -0.39 is 101 Å². The van der Waals surface area contributed by atoms with Gasteiger partial charge in [0.05, 0.1) is 51.2 Å². The summed E-state index contributed by atoms with van der Waals surface area (Å²) in [5.74, 6) is -19.3. The number of esters is 6. The number of rotatable bonds is 23. The van der Waals surface area contributed by atoms with E-state index in [1.54, 1.807) is 13.8 Å². The van der Waals surface area contributed by atoms with Crippen LogP contribution in [0.3, 0.4) is 0 Å². The van der Waals surface area contributed by atoms with Gasteiger partial charge in [0.1, 0.15) is 23.9 Å². The number of carbonyl (C=O) groups is 6. The molecule has 8 aliphatic carbocycles. The van der Waals surface area contributed by atoms with Crippen molar-refractivity contribution >= 4 is 46.7 Å². The van der Waals surface area contributed by atoms with Crippen LogP contribution in [0.4, 0.5) is 57.1 Å². The molecule has 3 aromatic rings. The number of hydrogen-bond acceptors (Lipinski definition) is 13. The summed E-state index contributed by atoms with van der Waals surface area (Å²) in [5, 5.41) is 10.6. The van der Waals surface area contributed by atoms with Gasteiger partial charge in [0, 0.05) is 19.8 Å². The Morgan fingerprint density at radius 1 is 0.487 bits per heavy atom. The fourth-order valence-electron chi connectivity index (χ4n) is 15.2. The number of hydrogen-bond donors (Lipinski definition) is 1. The zero-order valence-corrected chi connectivity index (χ0v) is 63.9. The molecule has 1 saturated heterocycles. The van der Waals surface area contributed by atoms with Crippen molar-refractivity contribution in [1.29, 1.82) is 0 Å². The molecular weight excluding hydrogens is 1540 g/mol. The Bertz CT molecular complexity index is 3280. The largest absolute Gasteiger partial charge is 0.463 e. The summed E-state index contributed by atoms with van der Waals surface area (Å²) in [6.45, 7) is 22.0. The minimum Gasteiger partial charge on any atom is -0.463 e. The fourth-order valence-corrected chi connectivity index (χ4v) is 17.3. The van der Waals surface area contributed by atoms with E-state index in [9.17, 15) is 90.9 Å². The minimum absolute atomic E-state index is 0. The van der Waals surface area contributed by atoms with Crippen molar-refractivity contribution in [3.05, 3.63) is 91.0 Å². The van der Waals surface area contributed by atoms with Crippen molar-refractivity contribution in [3.63, 3.8) is 0 Å². The first kappa shape index (κ1) is 115. The van der Waals surface area contributed by atoms with Crippen LogP contribution in [-0.2, 0) is 68.1 Å². The van der Waals surface area contributed by atoms with E-state index >= 15 is 0 Å². The van der Waals surface area contributed by atoms with Crippen molar-refractivity contribution in [1.82, 2.24) is 0 Å². The highest BCUT2D eigenvalue weighted by Crippen LogP contribution is 2.63. The SMILES string of the molecule is C.C.C.C.C.C.C.C.C.CCC(C)(C)C(=O)OC1(CC)C2CC3CC(C2)CC1C3.CCC(C)(C)C(=O)OC12CC3CC(CC(O)(C3)C1)C2.CCC(C)(C)C(=O)OC1CCOC1=O.CCC(C)(C)C(=O)OCC(CC(F)(F)C(F)(F)C(F)(C(F)(F)F)C(F)(F)F)OC(=O)C(C)(F)F.c1ccc([S+](c2ccccc2)c2ccccc2)cc1. The van der Waals surface area contributed by atoms with Crippen LogP contribution in [0, 0.1) is 57.2 Å². The topological polar surface area (TPSA) is 178 Å². The monoisotopic (exact) mass is 1690 g/mol. The summed E-state index contributed by atoms with van der Waals surface area (Å²) in [7, 11) is -0.0146. The number of halogens is 13. The maximum atomic E-state index is 14.1. The predicted molar refractivity (Wildman–Crippen MR) is 430 cm³/mol. The van der Waals surface area contributed by atoms with Crippen molar-refractivity contribution in [2.45, 2.75) is 359 Å². The first-order chi connectivity index (χ1) is 48.8. The average molecular weight is 1690 g/mol. The molecule has 0 spiro atoms. The number of cyclic esters (lactones) is 1. The highest BCUT2D eigenvalue weighted by molar-refractivity contribution is 7.97. The zero-order valence-electron chi connectivity index (χ0n) is 63.1. The average Bonchev–Trinajstić information content (AvgIpc) is 1.60. The summed E-state index contributed by atoms with van der Waals surface area (Å²) in [5.41, 5.74) is -11.5. The molecule has 0 radical (unpaired) electrons. The maximum absolute atomic E-state index is 14.1. The van der Waals surface area contributed by atoms with Gasteiger partial charge in [-0.05, 0) is 224 Å². The van der Waals surface area contributed by atoms with Crippen molar-refractivity contribution in [2.75, 3.05) is 13.2 Å². The number of benzene rings is 3. The second-order valence-electron chi connectivity index (χ2n) is 32.5. The zero-order chi connectivity index (χ0) is 79.9. The van der Waals surface area contributed by atoms with Crippen molar-refractivity contribution in [3.8, 4) is 0 Å². The van der Waals surface area contributed by atoms with E-state index in [1.807, 2.05) is 41.5 Å². The van der Waals surface area contributed by atoms with Crippen LogP contribution in [0.5, 0.6) is 0 Å². The van der Waals surface area contributed by atoms with Gasteiger partial charge < -0.3 is 33.5 Å².